The van der Waals surface area contributed by atoms with E-state index < -0.39 is 17.3 Å². The molecule has 1 N–H and O–H groups in total. The van der Waals surface area contributed by atoms with E-state index in [2.05, 4.69) is 5.32 Å². The monoisotopic (exact) mass is 472 g/mol. The van der Waals surface area contributed by atoms with Gasteiger partial charge in [-0.05, 0) is 61.2 Å². The SMILES string of the molecule is CC(Nc1ccccc1)(C(=O)N1CCCC1c1ccccc1Cl)c1ccc(C(F)(F)F)cc1. The van der Waals surface area contributed by atoms with Crippen molar-refractivity contribution in [3.63, 3.8) is 0 Å². The van der Waals surface area contributed by atoms with E-state index in [0.717, 1.165) is 30.5 Å². The predicted octanol–water partition coefficient (Wildman–Crippen LogP) is 7.05. The minimum absolute atomic E-state index is 0.197. The Hall–Kier alpha value is -2.99. The lowest BCUT2D eigenvalue weighted by Crippen LogP contribution is -2.49. The van der Waals surface area contributed by atoms with Crippen molar-refractivity contribution in [2.45, 2.75) is 37.5 Å². The van der Waals surface area contributed by atoms with E-state index in [-0.39, 0.29) is 11.9 Å². The smallest absolute Gasteiger partial charge is 0.368 e. The van der Waals surface area contributed by atoms with Gasteiger partial charge in [-0.3, -0.25) is 4.79 Å². The standard InChI is InChI=1S/C26H24ClF3N2O/c1-25(31-20-8-3-2-4-9-20,18-13-15-19(16-14-18)26(28,29)30)24(33)32-17-7-12-23(32)21-10-5-6-11-22(21)27/h2-6,8-11,13-16,23,31H,7,12,17H2,1H3. The number of likely N-dealkylation sites (tertiary alicyclic amines) is 1. The highest BCUT2D eigenvalue weighted by Crippen LogP contribution is 2.40. The molecule has 2 atom stereocenters. The summed E-state index contributed by atoms with van der Waals surface area (Å²) in [5.41, 5.74) is -0.0127. The third-order valence-corrected chi connectivity index (χ3v) is 6.51. The van der Waals surface area contributed by atoms with Crippen molar-refractivity contribution in [3.8, 4) is 0 Å². The zero-order chi connectivity index (χ0) is 23.6. The molecule has 3 aromatic carbocycles. The molecule has 0 saturated carbocycles. The second kappa shape index (κ2) is 9.10. The van der Waals surface area contributed by atoms with E-state index in [0.29, 0.717) is 22.8 Å². The molecule has 0 spiro atoms. The zero-order valence-corrected chi connectivity index (χ0v) is 18.8. The van der Waals surface area contributed by atoms with Crippen LogP contribution < -0.4 is 5.32 Å². The number of halogens is 4. The van der Waals surface area contributed by atoms with Gasteiger partial charge in [-0.1, -0.05) is 60.1 Å². The molecule has 1 fully saturated rings. The topological polar surface area (TPSA) is 32.3 Å². The second-order valence-corrected chi connectivity index (χ2v) is 8.78. The Morgan fingerprint density at radius 1 is 0.939 bits per heavy atom. The Labute approximate surface area is 196 Å². The molecule has 1 heterocycles. The van der Waals surface area contributed by atoms with Crippen molar-refractivity contribution in [1.82, 2.24) is 4.90 Å². The van der Waals surface area contributed by atoms with Crippen LogP contribution in [0.3, 0.4) is 0 Å². The minimum Gasteiger partial charge on any atom is -0.368 e. The number of anilines is 1. The quantitative estimate of drug-likeness (QED) is 0.431. The van der Waals surface area contributed by atoms with Crippen LogP contribution >= 0.6 is 11.6 Å². The third-order valence-electron chi connectivity index (χ3n) is 6.16. The average molecular weight is 473 g/mol. The largest absolute Gasteiger partial charge is 0.416 e. The van der Waals surface area contributed by atoms with Gasteiger partial charge in [0.1, 0.15) is 5.54 Å². The number of benzene rings is 3. The molecule has 4 rings (SSSR count). The highest BCUT2D eigenvalue weighted by Gasteiger charge is 2.43. The molecule has 0 radical (unpaired) electrons. The van der Waals surface area contributed by atoms with Crippen molar-refractivity contribution in [2.24, 2.45) is 0 Å². The lowest BCUT2D eigenvalue weighted by atomic mass is 9.88. The molecule has 0 bridgehead atoms. The maximum atomic E-state index is 14.0. The lowest BCUT2D eigenvalue weighted by Gasteiger charge is -2.37. The molecule has 172 valence electrons. The predicted molar refractivity (Wildman–Crippen MR) is 124 cm³/mol. The van der Waals surface area contributed by atoms with Crippen LogP contribution in [0.25, 0.3) is 0 Å². The molecular weight excluding hydrogens is 449 g/mol. The van der Waals surface area contributed by atoms with Gasteiger partial charge in [0.05, 0.1) is 11.6 Å². The van der Waals surface area contributed by atoms with Crippen molar-refractivity contribution >= 4 is 23.2 Å². The fourth-order valence-electron chi connectivity index (χ4n) is 4.42. The van der Waals surface area contributed by atoms with Crippen molar-refractivity contribution < 1.29 is 18.0 Å². The molecule has 1 aliphatic heterocycles. The number of alkyl halides is 3. The maximum absolute atomic E-state index is 14.0. The summed E-state index contributed by atoms with van der Waals surface area (Å²) in [6.45, 7) is 2.26. The molecule has 1 aliphatic rings. The van der Waals surface area contributed by atoms with Gasteiger partial charge in [0.25, 0.3) is 5.91 Å². The summed E-state index contributed by atoms with van der Waals surface area (Å²) in [7, 11) is 0. The van der Waals surface area contributed by atoms with Crippen LogP contribution in [-0.2, 0) is 16.5 Å². The van der Waals surface area contributed by atoms with E-state index in [4.69, 9.17) is 11.6 Å². The summed E-state index contributed by atoms with van der Waals surface area (Å²) in [5.74, 6) is -0.214. The van der Waals surface area contributed by atoms with E-state index in [1.807, 2.05) is 48.5 Å². The van der Waals surface area contributed by atoms with Crippen LogP contribution in [0.4, 0.5) is 18.9 Å². The summed E-state index contributed by atoms with van der Waals surface area (Å²) >= 11 is 6.44. The molecule has 7 heteroatoms. The highest BCUT2D eigenvalue weighted by atomic mass is 35.5. The molecule has 3 nitrogen and oxygen atoms in total. The van der Waals surface area contributed by atoms with Gasteiger partial charge in [-0.25, -0.2) is 0 Å². The number of amides is 1. The molecule has 0 aliphatic carbocycles. The van der Waals surface area contributed by atoms with Crippen LogP contribution in [0.1, 0.15) is 42.5 Å². The fraction of sp³-hybridized carbons (Fsp3) is 0.269. The molecule has 1 amide bonds. The normalized spacial score (nSPS) is 18.1. The van der Waals surface area contributed by atoms with Crippen LogP contribution in [0.5, 0.6) is 0 Å². The first-order valence-electron chi connectivity index (χ1n) is 10.8. The Morgan fingerprint density at radius 3 is 2.18 bits per heavy atom. The number of hydrogen-bond acceptors (Lipinski definition) is 2. The van der Waals surface area contributed by atoms with E-state index in [9.17, 15) is 18.0 Å². The summed E-state index contributed by atoms with van der Waals surface area (Å²) in [6, 6.07) is 21.2. The van der Waals surface area contributed by atoms with Gasteiger partial charge in [-0.15, -0.1) is 0 Å². The number of carbonyl (C=O) groups is 1. The summed E-state index contributed by atoms with van der Waals surface area (Å²) in [5, 5.41) is 3.88. The number of nitrogens with zero attached hydrogens (tertiary/aromatic N) is 1. The van der Waals surface area contributed by atoms with Gasteiger partial charge in [0.15, 0.2) is 0 Å². The number of rotatable bonds is 5. The fourth-order valence-corrected chi connectivity index (χ4v) is 4.68. The highest BCUT2D eigenvalue weighted by molar-refractivity contribution is 6.31. The summed E-state index contributed by atoms with van der Waals surface area (Å²) in [6.07, 6.45) is -2.87. The van der Waals surface area contributed by atoms with Gasteiger partial charge < -0.3 is 10.2 Å². The number of para-hydroxylation sites is 1. The number of carbonyl (C=O) groups excluding carboxylic acids is 1. The first kappa shape index (κ1) is 23.2. The molecule has 2 unspecified atom stereocenters. The summed E-state index contributed by atoms with van der Waals surface area (Å²) < 4.78 is 39.4. The molecule has 3 aromatic rings. The zero-order valence-electron chi connectivity index (χ0n) is 18.1. The van der Waals surface area contributed by atoms with Crippen molar-refractivity contribution in [2.75, 3.05) is 11.9 Å². The van der Waals surface area contributed by atoms with Crippen molar-refractivity contribution in [1.29, 1.82) is 0 Å². The Balaban J connectivity index is 1.74. The van der Waals surface area contributed by atoms with E-state index >= 15 is 0 Å². The molecule has 1 saturated heterocycles. The Kier molecular flexibility index (Phi) is 6.39. The van der Waals surface area contributed by atoms with Crippen molar-refractivity contribution in [3.05, 3.63) is 101 Å². The van der Waals surface area contributed by atoms with Crippen LogP contribution in [0, 0.1) is 0 Å². The van der Waals surface area contributed by atoms with Crippen LogP contribution in [0.2, 0.25) is 5.02 Å². The Bertz CT molecular complexity index is 1120. The van der Waals surface area contributed by atoms with E-state index in [1.54, 1.807) is 17.9 Å². The minimum atomic E-state index is -4.45. The number of nitrogens with one attached hydrogen (secondary N) is 1. The van der Waals surface area contributed by atoms with Gasteiger partial charge in [0.2, 0.25) is 0 Å². The van der Waals surface area contributed by atoms with Crippen LogP contribution in [-0.4, -0.2) is 17.4 Å². The molecule has 0 aromatic heterocycles. The summed E-state index contributed by atoms with van der Waals surface area (Å²) in [4.78, 5) is 15.8. The first-order chi connectivity index (χ1) is 15.7. The van der Waals surface area contributed by atoms with E-state index in [1.165, 1.54) is 12.1 Å². The number of hydrogen-bond donors (Lipinski definition) is 1. The van der Waals surface area contributed by atoms with Gasteiger partial charge in [-0.2, -0.15) is 13.2 Å². The Morgan fingerprint density at radius 2 is 1.55 bits per heavy atom. The lowest BCUT2D eigenvalue weighted by molar-refractivity contribution is -0.137. The van der Waals surface area contributed by atoms with Gasteiger partial charge in [0, 0.05) is 17.3 Å². The average Bonchev–Trinajstić information content (AvgIpc) is 3.28. The first-order valence-corrected chi connectivity index (χ1v) is 11.1. The third kappa shape index (κ3) is 4.71. The van der Waals surface area contributed by atoms with Gasteiger partial charge >= 0.3 is 6.18 Å². The van der Waals surface area contributed by atoms with Crippen LogP contribution in [0.15, 0.2) is 78.9 Å². The molecule has 33 heavy (non-hydrogen) atoms. The second-order valence-electron chi connectivity index (χ2n) is 8.37. The maximum Gasteiger partial charge on any atom is 0.416 e. The molecular formula is C26H24ClF3N2O.